The van der Waals surface area contributed by atoms with E-state index in [9.17, 15) is 0 Å². The third-order valence-corrected chi connectivity index (χ3v) is 2.97. The molecule has 0 amide bonds. The quantitative estimate of drug-likeness (QED) is 0.665. The number of benzene rings is 2. The third kappa shape index (κ3) is 2.46. The summed E-state index contributed by atoms with van der Waals surface area (Å²) in [5, 5.41) is 1.75. The minimum atomic E-state index is 0.530. The van der Waals surface area contributed by atoms with Gasteiger partial charge in [-0.15, -0.1) is 0 Å². The van der Waals surface area contributed by atoms with Gasteiger partial charge in [-0.2, -0.15) is 0 Å². The van der Waals surface area contributed by atoms with Crippen LogP contribution in [0, 0.1) is 6.07 Å². The van der Waals surface area contributed by atoms with E-state index in [-0.39, 0.29) is 0 Å². The highest BCUT2D eigenvalue weighted by atomic mass is 35.5. The summed E-state index contributed by atoms with van der Waals surface area (Å²) >= 11 is 17.6. The highest BCUT2D eigenvalue weighted by Crippen LogP contribution is 2.29. The van der Waals surface area contributed by atoms with E-state index in [1.807, 2.05) is 12.1 Å². The summed E-state index contributed by atoms with van der Waals surface area (Å²) in [5.74, 6) is 0. The molecule has 0 unspecified atom stereocenters. The van der Waals surface area contributed by atoms with Crippen LogP contribution in [0.4, 0.5) is 0 Å². The summed E-state index contributed by atoms with van der Waals surface area (Å²) in [5.41, 5.74) is 1.85. The van der Waals surface area contributed by atoms with Gasteiger partial charge >= 0.3 is 0 Å². The van der Waals surface area contributed by atoms with Crippen LogP contribution in [0.1, 0.15) is 0 Å². The topological polar surface area (TPSA) is 0 Å². The first kappa shape index (κ1) is 10.8. The monoisotopic (exact) mass is 255 g/mol. The second kappa shape index (κ2) is 4.44. The van der Waals surface area contributed by atoms with Gasteiger partial charge in [0.2, 0.25) is 0 Å². The standard InChI is InChI=1S/C12H6Cl3/c13-10-3-1-2-8(6-10)9-4-5-11(14)12(15)7-9/h1,3-7H. The molecule has 0 aliphatic rings. The molecule has 0 spiro atoms. The maximum Gasteiger partial charge on any atom is 0.0598 e. The largest absolute Gasteiger partial charge is 0.0843 e. The van der Waals surface area contributed by atoms with Gasteiger partial charge in [0.15, 0.2) is 0 Å². The van der Waals surface area contributed by atoms with E-state index in [2.05, 4.69) is 6.07 Å². The van der Waals surface area contributed by atoms with Crippen LogP contribution in [0.5, 0.6) is 0 Å². The fourth-order valence-electron chi connectivity index (χ4n) is 1.27. The Kier molecular flexibility index (Phi) is 3.20. The average molecular weight is 257 g/mol. The lowest BCUT2D eigenvalue weighted by atomic mass is 10.1. The molecule has 0 aliphatic heterocycles. The Bertz CT molecular complexity index is 492. The molecule has 0 nitrogen and oxygen atoms in total. The van der Waals surface area contributed by atoms with Gasteiger partial charge in [0.05, 0.1) is 10.0 Å². The number of rotatable bonds is 1. The van der Waals surface area contributed by atoms with Crippen LogP contribution in [-0.4, -0.2) is 0 Å². The second-order valence-corrected chi connectivity index (χ2v) is 4.30. The molecule has 0 bridgehead atoms. The average Bonchev–Trinajstić information content (AvgIpc) is 2.22. The SMILES string of the molecule is Clc1cc[c]c(-c2ccc(Cl)c(Cl)c2)c1. The Hall–Kier alpha value is -0.690. The number of hydrogen-bond donors (Lipinski definition) is 0. The molecule has 0 saturated carbocycles. The van der Waals surface area contributed by atoms with Crippen LogP contribution < -0.4 is 0 Å². The molecule has 0 atom stereocenters. The molecule has 3 heteroatoms. The summed E-state index contributed by atoms with van der Waals surface area (Å²) in [7, 11) is 0. The van der Waals surface area contributed by atoms with Gasteiger partial charge in [-0.05, 0) is 41.5 Å². The lowest BCUT2D eigenvalue weighted by Gasteiger charge is -2.03. The van der Waals surface area contributed by atoms with Crippen molar-refractivity contribution in [3.05, 3.63) is 57.5 Å². The van der Waals surface area contributed by atoms with Crippen LogP contribution in [-0.2, 0) is 0 Å². The van der Waals surface area contributed by atoms with Crippen molar-refractivity contribution in [2.24, 2.45) is 0 Å². The molecule has 1 radical (unpaired) electrons. The summed E-state index contributed by atoms with van der Waals surface area (Å²) in [4.78, 5) is 0. The molecule has 15 heavy (non-hydrogen) atoms. The fraction of sp³-hybridized carbons (Fsp3) is 0. The second-order valence-electron chi connectivity index (χ2n) is 3.05. The zero-order valence-corrected chi connectivity index (χ0v) is 9.87. The van der Waals surface area contributed by atoms with Crippen molar-refractivity contribution >= 4 is 34.8 Å². The van der Waals surface area contributed by atoms with E-state index in [1.165, 1.54) is 0 Å². The van der Waals surface area contributed by atoms with Crippen molar-refractivity contribution in [2.45, 2.75) is 0 Å². The van der Waals surface area contributed by atoms with E-state index >= 15 is 0 Å². The molecule has 0 N–H and O–H groups in total. The molecular formula is C12H6Cl3. The van der Waals surface area contributed by atoms with Gasteiger partial charge in [0.25, 0.3) is 0 Å². The first-order valence-corrected chi connectivity index (χ1v) is 5.43. The number of hydrogen-bond acceptors (Lipinski definition) is 0. The first-order valence-electron chi connectivity index (χ1n) is 4.29. The molecule has 0 aromatic heterocycles. The van der Waals surface area contributed by atoms with Gasteiger partial charge in [-0.1, -0.05) is 46.9 Å². The lowest BCUT2D eigenvalue weighted by Crippen LogP contribution is -1.78. The van der Waals surface area contributed by atoms with Gasteiger partial charge in [-0.25, -0.2) is 0 Å². The highest BCUT2D eigenvalue weighted by molar-refractivity contribution is 6.42. The summed E-state index contributed by atoms with van der Waals surface area (Å²) < 4.78 is 0. The molecule has 2 rings (SSSR count). The molecule has 0 fully saturated rings. The zero-order chi connectivity index (χ0) is 10.8. The summed E-state index contributed by atoms with van der Waals surface area (Å²) in [6, 6.07) is 13.9. The van der Waals surface area contributed by atoms with Gasteiger partial charge < -0.3 is 0 Å². The molecule has 0 heterocycles. The summed E-state index contributed by atoms with van der Waals surface area (Å²) in [6.07, 6.45) is 0. The van der Waals surface area contributed by atoms with Crippen molar-refractivity contribution < 1.29 is 0 Å². The molecule has 2 aromatic rings. The van der Waals surface area contributed by atoms with E-state index < -0.39 is 0 Å². The van der Waals surface area contributed by atoms with E-state index in [0.29, 0.717) is 15.1 Å². The predicted octanol–water partition coefficient (Wildman–Crippen LogP) is 5.11. The maximum absolute atomic E-state index is 5.92. The third-order valence-electron chi connectivity index (χ3n) is 1.99. The van der Waals surface area contributed by atoms with Crippen LogP contribution in [0.3, 0.4) is 0 Å². The van der Waals surface area contributed by atoms with Crippen molar-refractivity contribution in [2.75, 3.05) is 0 Å². The molecule has 0 aliphatic carbocycles. The molecular weight excluding hydrogens is 250 g/mol. The normalized spacial score (nSPS) is 10.3. The van der Waals surface area contributed by atoms with Crippen molar-refractivity contribution in [3.8, 4) is 11.1 Å². The Labute approximate surface area is 103 Å². The minimum absolute atomic E-state index is 0.530. The van der Waals surface area contributed by atoms with Crippen molar-refractivity contribution in [1.82, 2.24) is 0 Å². The van der Waals surface area contributed by atoms with Crippen LogP contribution >= 0.6 is 34.8 Å². The van der Waals surface area contributed by atoms with Crippen LogP contribution in [0.2, 0.25) is 15.1 Å². The highest BCUT2D eigenvalue weighted by Gasteiger charge is 2.02. The van der Waals surface area contributed by atoms with Gasteiger partial charge in [0.1, 0.15) is 0 Å². The van der Waals surface area contributed by atoms with E-state index in [1.54, 1.807) is 24.3 Å². The Morgan fingerprint density at radius 2 is 1.67 bits per heavy atom. The van der Waals surface area contributed by atoms with Gasteiger partial charge in [0, 0.05) is 5.02 Å². The Morgan fingerprint density at radius 1 is 0.867 bits per heavy atom. The van der Waals surface area contributed by atoms with Crippen molar-refractivity contribution in [1.29, 1.82) is 0 Å². The molecule has 0 saturated heterocycles. The van der Waals surface area contributed by atoms with Crippen molar-refractivity contribution in [3.63, 3.8) is 0 Å². The first-order chi connectivity index (χ1) is 7.16. The minimum Gasteiger partial charge on any atom is -0.0843 e. The summed E-state index contributed by atoms with van der Waals surface area (Å²) in [6.45, 7) is 0. The fourth-order valence-corrected chi connectivity index (χ4v) is 1.74. The molecule has 2 aromatic carbocycles. The van der Waals surface area contributed by atoms with Crippen LogP contribution in [0.15, 0.2) is 36.4 Å². The Morgan fingerprint density at radius 3 is 2.33 bits per heavy atom. The van der Waals surface area contributed by atoms with E-state index in [0.717, 1.165) is 11.1 Å². The van der Waals surface area contributed by atoms with E-state index in [4.69, 9.17) is 34.8 Å². The maximum atomic E-state index is 5.92. The van der Waals surface area contributed by atoms with Gasteiger partial charge in [-0.3, -0.25) is 0 Å². The zero-order valence-electron chi connectivity index (χ0n) is 7.60. The Balaban J connectivity index is 2.50. The lowest BCUT2D eigenvalue weighted by molar-refractivity contribution is 1.61. The molecule has 75 valence electrons. The van der Waals surface area contributed by atoms with Crippen LogP contribution in [0.25, 0.3) is 11.1 Å². The number of halogens is 3. The smallest absolute Gasteiger partial charge is 0.0598 e. The predicted molar refractivity (Wildman–Crippen MR) is 65.7 cm³/mol.